The molecular formula is C19H23F2N4O6PS. The summed E-state index contributed by atoms with van der Waals surface area (Å²) in [6.45, 7) is -1.08. The Bertz CT molecular complexity index is 1100. The minimum atomic E-state index is -3.95. The van der Waals surface area contributed by atoms with E-state index < -0.39 is 49.2 Å². The first-order valence-corrected chi connectivity index (χ1v) is 12.5. The normalized spacial score (nSPS) is 23.8. The molecule has 4 N–H and O–H groups in total. The van der Waals surface area contributed by atoms with Crippen molar-refractivity contribution < 1.29 is 32.8 Å². The summed E-state index contributed by atoms with van der Waals surface area (Å²) in [6, 6.07) is 9.13. The van der Waals surface area contributed by atoms with E-state index in [4.69, 9.17) is 21.1 Å². The van der Waals surface area contributed by atoms with Crippen LogP contribution in [0.15, 0.2) is 47.4 Å². The van der Waals surface area contributed by atoms with Crippen molar-refractivity contribution in [3.8, 4) is 0 Å². The number of hydrogen-bond donors (Lipinski definition) is 4. The highest BCUT2D eigenvalue weighted by atomic mass is 32.5. The number of alkyl halides is 2. The standard InChI is InChI=1S/C19H23F2N4O6PS/c1-11(2)22-14-8-9-25(18(28)23-14)17-19(20,21)15(26)13(31-17)10-30-32(29,33)24-16(27)12-6-4-3-5-7-12/h3-9,11,13,15,17,26H,10H2,1-2H3,(H,22,23,28)(H2,24,27,29,33)/t13-,15-,17?,32?/m1/s1. The molecule has 0 radical (unpaired) electrons. The zero-order valence-corrected chi connectivity index (χ0v) is 19.3. The van der Waals surface area contributed by atoms with Crippen LogP contribution in [0.4, 0.5) is 14.6 Å². The van der Waals surface area contributed by atoms with E-state index in [1.54, 1.807) is 18.2 Å². The minimum absolute atomic E-state index is 0.0388. The Kier molecular flexibility index (Phi) is 7.62. The van der Waals surface area contributed by atoms with Gasteiger partial charge in [-0.15, -0.1) is 0 Å². The maximum atomic E-state index is 14.7. The molecule has 1 aliphatic heterocycles. The van der Waals surface area contributed by atoms with E-state index >= 15 is 0 Å². The minimum Gasteiger partial charge on any atom is -0.384 e. The van der Waals surface area contributed by atoms with Crippen molar-refractivity contribution in [2.24, 2.45) is 0 Å². The lowest BCUT2D eigenvalue weighted by Gasteiger charge is -2.21. The van der Waals surface area contributed by atoms with Gasteiger partial charge >= 0.3 is 11.6 Å². The molecule has 2 aromatic rings. The van der Waals surface area contributed by atoms with Crippen molar-refractivity contribution in [1.82, 2.24) is 14.6 Å². The molecule has 14 heteroatoms. The quantitative estimate of drug-likeness (QED) is 0.396. The predicted molar refractivity (Wildman–Crippen MR) is 118 cm³/mol. The summed E-state index contributed by atoms with van der Waals surface area (Å²) in [5.41, 5.74) is -0.808. The number of hydrogen-bond acceptors (Lipinski definition) is 8. The van der Waals surface area contributed by atoms with Crippen molar-refractivity contribution >= 4 is 30.2 Å². The Labute approximate surface area is 192 Å². The van der Waals surface area contributed by atoms with Gasteiger partial charge in [0.15, 0.2) is 6.10 Å². The Morgan fingerprint density at radius 1 is 1.36 bits per heavy atom. The van der Waals surface area contributed by atoms with Gasteiger partial charge in [0.05, 0.1) is 6.61 Å². The first kappa shape index (κ1) is 25.3. The molecular weight excluding hydrogens is 481 g/mol. The van der Waals surface area contributed by atoms with Crippen LogP contribution < -0.4 is 16.1 Å². The maximum Gasteiger partial charge on any atom is 0.351 e. The van der Waals surface area contributed by atoms with Crippen LogP contribution in [0.2, 0.25) is 0 Å². The molecule has 4 atom stereocenters. The molecule has 180 valence electrons. The van der Waals surface area contributed by atoms with E-state index in [1.165, 1.54) is 18.2 Å². The summed E-state index contributed by atoms with van der Waals surface area (Å²) >= 11 is 4.86. The van der Waals surface area contributed by atoms with Crippen molar-refractivity contribution in [3.63, 3.8) is 0 Å². The van der Waals surface area contributed by atoms with Gasteiger partial charge in [-0.05, 0) is 43.9 Å². The highest BCUT2D eigenvalue weighted by molar-refractivity contribution is 8.08. The van der Waals surface area contributed by atoms with Crippen LogP contribution in [0.5, 0.6) is 0 Å². The van der Waals surface area contributed by atoms with E-state index in [-0.39, 0.29) is 17.4 Å². The third-order valence-corrected chi connectivity index (χ3v) is 6.17. The van der Waals surface area contributed by atoms with Crippen LogP contribution in [0.3, 0.4) is 0 Å². The molecule has 0 saturated carbocycles. The van der Waals surface area contributed by atoms with E-state index in [9.17, 15) is 28.4 Å². The maximum absolute atomic E-state index is 14.7. The lowest BCUT2D eigenvalue weighted by molar-refractivity contribution is -0.140. The monoisotopic (exact) mass is 504 g/mol. The molecule has 33 heavy (non-hydrogen) atoms. The van der Waals surface area contributed by atoms with Crippen LogP contribution in [0.1, 0.15) is 30.4 Å². The summed E-state index contributed by atoms with van der Waals surface area (Å²) in [4.78, 5) is 38.3. The fourth-order valence-electron chi connectivity index (χ4n) is 3.06. The second kappa shape index (κ2) is 9.92. The zero-order chi connectivity index (χ0) is 24.4. The van der Waals surface area contributed by atoms with Gasteiger partial charge < -0.3 is 24.6 Å². The number of nitrogens with zero attached hydrogens (tertiary/aromatic N) is 2. The highest BCUT2D eigenvalue weighted by Crippen LogP contribution is 2.44. The van der Waals surface area contributed by atoms with Gasteiger partial charge in [0.2, 0.25) is 6.23 Å². The number of carbonyl (C=O) groups is 1. The van der Waals surface area contributed by atoms with Crippen molar-refractivity contribution in [1.29, 1.82) is 0 Å². The van der Waals surface area contributed by atoms with Crippen LogP contribution in [0.25, 0.3) is 0 Å². The number of aliphatic hydroxyl groups excluding tert-OH is 1. The number of aromatic nitrogens is 2. The highest BCUT2D eigenvalue weighted by Gasteiger charge is 2.60. The van der Waals surface area contributed by atoms with Gasteiger partial charge in [-0.2, -0.15) is 13.8 Å². The third-order valence-electron chi connectivity index (χ3n) is 4.59. The van der Waals surface area contributed by atoms with E-state index in [2.05, 4.69) is 15.4 Å². The predicted octanol–water partition coefficient (Wildman–Crippen LogP) is 1.62. The Morgan fingerprint density at radius 3 is 2.64 bits per heavy atom. The molecule has 10 nitrogen and oxygen atoms in total. The molecule has 0 spiro atoms. The molecule has 1 fully saturated rings. The Hall–Kier alpha value is -2.28. The van der Waals surface area contributed by atoms with Crippen molar-refractivity contribution in [2.45, 2.75) is 44.2 Å². The fourth-order valence-corrected chi connectivity index (χ4v) is 4.29. The number of anilines is 1. The number of rotatable bonds is 8. The summed E-state index contributed by atoms with van der Waals surface area (Å²) in [5.74, 6) is -4.40. The van der Waals surface area contributed by atoms with Crippen molar-refractivity contribution in [2.75, 3.05) is 11.9 Å². The van der Waals surface area contributed by atoms with Crippen LogP contribution in [-0.2, 0) is 21.1 Å². The SMILES string of the molecule is CC(C)Nc1ccn(C2O[C@H](COP(O)(=S)NC(=O)c3ccccc3)[C@@H](O)C2(F)F)c(=O)n1. The summed E-state index contributed by atoms with van der Waals surface area (Å²) in [6.07, 6.45) is -5.11. The number of aliphatic hydroxyl groups is 1. The average molecular weight is 504 g/mol. The topological polar surface area (TPSA) is 135 Å². The number of carbonyl (C=O) groups excluding carboxylic acids is 1. The Morgan fingerprint density at radius 2 is 2.03 bits per heavy atom. The molecule has 2 heterocycles. The number of amides is 1. The van der Waals surface area contributed by atoms with E-state index in [0.717, 1.165) is 6.20 Å². The molecule has 3 rings (SSSR count). The van der Waals surface area contributed by atoms with Gasteiger partial charge in [-0.3, -0.25) is 14.4 Å². The average Bonchev–Trinajstić information content (AvgIpc) is 2.96. The van der Waals surface area contributed by atoms with E-state index in [1.807, 2.05) is 13.8 Å². The summed E-state index contributed by atoms with van der Waals surface area (Å²) < 4.78 is 40.2. The molecule has 1 aromatic carbocycles. The van der Waals surface area contributed by atoms with E-state index in [0.29, 0.717) is 4.57 Å². The van der Waals surface area contributed by atoms with Crippen LogP contribution in [-0.4, -0.2) is 56.2 Å². The summed E-state index contributed by atoms with van der Waals surface area (Å²) in [5, 5.41) is 15.1. The first-order valence-electron chi connectivity index (χ1n) is 9.83. The van der Waals surface area contributed by atoms with Crippen molar-refractivity contribution in [3.05, 3.63) is 58.6 Å². The van der Waals surface area contributed by atoms with Gasteiger partial charge in [-0.1, -0.05) is 18.2 Å². The molecule has 1 aliphatic rings. The molecule has 2 unspecified atom stereocenters. The first-order chi connectivity index (χ1) is 15.4. The number of nitrogens with one attached hydrogen (secondary N) is 2. The molecule has 1 saturated heterocycles. The lowest BCUT2D eigenvalue weighted by Crippen LogP contribution is -2.42. The Balaban J connectivity index is 1.69. The molecule has 1 amide bonds. The number of benzene rings is 1. The number of ether oxygens (including phenoxy) is 1. The lowest BCUT2D eigenvalue weighted by atomic mass is 10.1. The largest absolute Gasteiger partial charge is 0.384 e. The molecule has 0 aliphatic carbocycles. The molecule has 1 aromatic heterocycles. The van der Waals surface area contributed by atoms with Gasteiger partial charge in [-0.25, -0.2) is 4.79 Å². The van der Waals surface area contributed by atoms with Gasteiger partial charge in [0, 0.05) is 17.8 Å². The smallest absolute Gasteiger partial charge is 0.351 e. The fraction of sp³-hybridized carbons (Fsp3) is 0.421. The number of halogens is 2. The van der Waals surface area contributed by atoms with Crippen LogP contribution in [0, 0.1) is 0 Å². The second-order valence-electron chi connectivity index (χ2n) is 7.57. The van der Waals surface area contributed by atoms with Gasteiger partial charge in [0.1, 0.15) is 11.9 Å². The second-order valence-corrected chi connectivity index (χ2v) is 10.6. The third kappa shape index (κ3) is 5.99. The van der Waals surface area contributed by atoms with Gasteiger partial charge in [0.25, 0.3) is 12.5 Å². The molecule has 0 bridgehead atoms. The summed E-state index contributed by atoms with van der Waals surface area (Å²) in [7, 11) is 0. The zero-order valence-electron chi connectivity index (χ0n) is 17.6. The van der Waals surface area contributed by atoms with Crippen LogP contribution >= 0.6 is 6.64 Å².